The number of terminal acetylenes is 1. The van der Waals surface area contributed by atoms with Crippen LogP contribution in [0.4, 0.5) is 5.69 Å². The van der Waals surface area contributed by atoms with E-state index >= 15 is 0 Å². The first-order valence-electron chi connectivity index (χ1n) is 7.96. The van der Waals surface area contributed by atoms with Crippen LogP contribution in [-0.4, -0.2) is 16.6 Å². The van der Waals surface area contributed by atoms with Crippen molar-refractivity contribution in [3.63, 3.8) is 0 Å². The van der Waals surface area contributed by atoms with E-state index in [1.807, 2.05) is 23.6 Å². The predicted molar refractivity (Wildman–Crippen MR) is 96.4 cm³/mol. The number of carbonyl (C=O) groups is 1. The summed E-state index contributed by atoms with van der Waals surface area (Å²) < 4.78 is 5.69. The molecule has 3 rings (SSSR count). The van der Waals surface area contributed by atoms with Crippen molar-refractivity contribution in [3.05, 3.63) is 40.8 Å². The number of amides is 1. The molecule has 1 aromatic heterocycles. The van der Waals surface area contributed by atoms with Crippen LogP contribution in [-0.2, 0) is 11.4 Å². The molecule has 0 bridgehead atoms. The van der Waals surface area contributed by atoms with Crippen molar-refractivity contribution in [2.45, 2.75) is 38.0 Å². The maximum Gasteiger partial charge on any atom is 0.224 e. The Balaban J connectivity index is 1.46. The number of hydrogen-bond acceptors (Lipinski definition) is 6. The van der Waals surface area contributed by atoms with Gasteiger partial charge in [-0.3, -0.25) is 4.79 Å². The molecule has 6 nitrogen and oxygen atoms in total. The Hall–Kier alpha value is -2.72. The van der Waals surface area contributed by atoms with Crippen LogP contribution >= 0.6 is 11.3 Å². The summed E-state index contributed by atoms with van der Waals surface area (Å²) in [5.74, 6) is 3.19. The quantitative estimate of drug-likeness (QED) is 0.691. The largest absolute Gasteiger partial charge is 0.487 e. The van der Waals surface area contributed by atoms with E-state index < -0.39 is 5.66 Å². The molecule has 0 aliphatic carbocycles. The van der Waals surface area contributed by atoms with Crippen molar-refractivity contribution >= 4 is 22.9 Å². The summed E-state index contributed by atoms with van der Waals surface area (Å²) in [5.41, 5.74) is 2.92. The second kappa shape index (κ2) is 7.90. The van der Waals surface area contributed by atoms with Crippen molar-refractivity contribution < 1.29 is 9.53 Å². The van der Waals surface area contributed by atoms with Gasteiger partial charge in [0, 0.05) is 42.8 Å². The summed E-state index contributed by atoms with van der Waals surface area (Å²) >= 11 is 1.53. The lowest BCUT2D eigenvalue weighted by atomic mass is 10.0. The molecule has 1 aliphatic rings. The van der Waals surface area contributed by atoms with Gasteiger partial charge in [-0.2, -0.15) is 10.2 Å². The molecule has 1 amide bonds. The summed E-state index contributed by atoms with van der Waals surface area (Å²) in [6, 6.07) is 7.31. The third-order valence-electron chi connectivity index (χ3n) is 3.79. The Bertz CT molecular complexity index is 790. The summed E-state index contributed by atoms with van der Waals surface area (Å²) in [4.78, 5) is 16.3. The molecule has 1 aromatic carbocycles. The average molecular weight is 354 g/mol. The van der Waals surface area contributed by atoms with Crippen molar-refractivity contribution in [2.75, 3.05) is 5.32 Å². The molecule has 0 unspecified atom stereocenters. The Morgan fingerprint density at radius 3 is 2.96 bits per heavy atom. The minimum absolute atomic E-state index is 0.0750. The first kappa shape index (κ1) is 17.1. The zero-order valence-electron chi connectivity index (χ0n) is 13.6. The number of benzene rings is 1. The molecular formula is C18H18N4O2S. The molecule has 7 heteroatoms. The fourth-order valence-corrected chi connectivity index (χ4v) is 2.88. The molecule has 0 fully saturated rings. The molecule has 1 aliphatic heterocycles. The summed E-state index contributed by atoms with van der Waals surface area (Å²) in [5, 5.41) is 12.9. The first-order valence-corrected chi connectivity index (χ1v) is 8.91. The predicted octanol–water partition coefficient (Wildman–Crippen LogP) is 4.02. The number of ether oxygens (including phenoxy) is 1. The van der Waals surface area contributed by atoms with Gasteiger partial charge in [0.15, 0.2) is 5.66 Å². The van der Waals surface area contributed by atoms with Crippen LogP contribution in [0.5, 0.6) is 5.75 Å². The highest BCUT2D eigenvalue weighted by molar-refractivity contribution is 7.07. The fourth-order valence-electron chi connectivity index (χ4n) is 2.34. The van der Waals surface area contributed by atoms with Crippen LogP contribution in [0.2, 0.25) is 0 Å². The summed E-state index contributed by atoms with van der Waals surface area (Å²) in [6.07, 6.45) is 7.52. The third-order valence-corrected chi connectivity index (χ3v) is 4.43. The minimum atomic E-state index is -0.428. The van der Waals surface area contributed by atoms with Gasteiger partial charge in [0.2, 0.25) is 5.91 Å². The maximum atomic E-state index is 12.1. The Kier molecular flexibility index (Phi) is 5.41. The topological polar surface area (TPSA) is 75.9 Å². The Labute approximate surface area is 150 Å². The molecule has 128 valence electrons. The third kappa shape index (κ3) is 5.13. The number of nitrogens with one attached hydrogen (secondary N) is 1. The molecule has 2 heterocycles. The molecule has 0 spiro atoms. The van der Waals surface area contributed by atoms with Crippen LogP contribution in [0, 0.1) is 12.3 Å². The average Bonchev–Trinajstić information content (AvgIpc) is 3.20. The van der Waals surface area contributed by atoms with E-state index in [1.54, 1.807) is 11.6 Å². The smallest absolute Gasteiger partial charge is 0.224 e. The van der Waals surface area contributed by atoms with Crippen LogP contribution < -0.4 is 10.1 Å². The highest BCUT2D eigenvalue weighted by Gasteiger charge is 2.39. The van der Waals surface area contributed by atoms with Gasteiger partial charge in [-0.05, 0) is 12.1 Å². The first-order chi connectivity index (χ1) is 12.2. The summed E-state index contributed by atoms with van der Waals surface area (Å²) in [6.45, 7) is 0.404. The van der Waals surface area contributed by atoms with E-state index in [1.165, 1.54) is 11.3 Å². The fraction of sp³-hybridized carbons (Fsp3) is 0.333. The molecule has 2 aromatic rings. The molecule has 0 atom stereocenters. The van der Waals surface area contributed by atoms with Gasteiger partial charge in [0.25, 0.3) is 0 Å². The van der Waals surface area contributed by atoms with Gasteiger partial charge < -0.3 is 10.1 Å². The molecule has 0 saturated heterocycles. The second-order valence-electron chi connectivity index (χ2n) is 5.73. The number of carbonyl (C=O) groups excluding carboxylic acids is 1. The van der Waals surface area contributed by atoms with E-state index in [-0.39, 0.29) is 5.91 Å². The van der Waals surface area contributed by atoms with Crippen LogP contribution in [0.3, 0.4) is 0 Å². The SMILES string of the molecule is C#CCCC1(CCC(=O)Nc2cccc(OCc3cscn3)c2)N=N1. The van der Waals surface area contributed by atoms with Gasteiger partial charge in [-0.25, -0.2) is 4.98 Å². The van der Waals surface area contributed by atoms with Crippen LogP contribution in [0.15, 0.2) is 45.4 Å². The van der Waals surface area contributed by atoms with Crippen molar-refractivity contribution in [1.29, 1.82) is 0 Å². The van der Waals surface area contributed by atoms with E-state index in [9.17, 15) is 4.79 Å². The van der Waals surface area contributed by atoms with E-state index in [4.69, 9.17) is 11.2 Å². The number of nitrogens with zero attached hydrogens (tertiary/aromatic N) is 3. The molecular weight excluding hydrogens is 336 g/mol. The minimum Gasteiger partial charge on any atom is -0.487 e. The van der Waals surface area contributed by atoms with E-state index in [0.29, 0.717) is 43.7 Å². The van der Waals surface area contributed by atoms with Gasteiger partial charge in [-0.1, -0.05) is 6.07 Å². The molecule has 1 N–H and O–H groups in total. The highest BCUT2D eigenvalue weighted by atomic mass is 32.1. The van der Waals surface area contributed by atoms with Gasteiger partial charge >= 0.3 is 0 Å². The van der Waals surface area contributed by atoms with E-state index in [2.05, 4.69) is 26.4 Å². The molecule has 25 heavy (non-hydrogen) atoms. The second-order valence-corrected chi connectivity index (χ2v) is 6.45. The van der Waals surface area contributed by atoms with Gasteiger partial charge in [-0.15, -0.1) is 23.7 Å². The standard InChI is InChI=1S/C18H18N4O2S/c1-2-3-8-18(21-22-18)9-7-17(23)20-14-5-4-6-16(10-14)24-11-15-12-25-13-19-15/h1,4-6,10,12-13H,3,7-9,11H2,(H,20,23). The van der Waals surface area contributed by atoms with E-state index in [0.717, 1.165) is 5.69 Å². The number of thiazole rings is 1. The summed E-state index contributed by atoms with van der Waals surface area (Å²) in [7, 11) is 0. The van der Waals surface area contributed by atoms with Crippen LogP contribution in [0.1, 0.15) is 31.4 Å². The zero-order valence-corrected chi connectivity index (χ0v) is 14.5. The number of anilines is 1. The monoisotopic (exact) mass is 354 g/mol. The Morgan fingerprint density at radius 2 is 2.24 bits per heavy atom. The molecule has 0 radical (unpaired) electrons. The normalized spacial score (nSPS) is 13.9. The van der Waals surface area contributed by atoms with Gasteiger partial charge in [0.05, 0.1) is 11.2 Å². The highest BCUT2D eigenvalue weighted by Crippen LogP contribution is 2.37. The van der Waals surface area contributed by atoms with Crippen LogP contribution in [0.25, 0.3) is 0 Å². The van der Waals surface area contributed by atoms with Crippen molar-refractivity contribution in [1.82, 2.24) is 4.98 Å². The van der Waals surface area contributed by atoms with Crippen molar-refractivity contribution in [2.24, 2.45) is 10.2 Å². The lowest BCUT2D eigenvalue weighted by Gasteiger charge is -2.10. The lowest BCUT2D eigenvalue weighted by molar-refractivity contribution is -0.116. The zero-order chi connectivity index (χ0) is 17.5. The number of rotatable bonds is 9. The number of aromatic nitrogens is 1. The van der Waals surface area contributed by atoms with Gasteiger partial charge in [0.1, 0.15) is 12.4 Å². The molecule has 0 saturated carbocycles. The Morgan fingerprint density at radius 1 is 1.36 bits per heavy atom. The number of hydrogen-bond donors (Lipinski definition) is 1. The lowest BCUT2D eigenvalue weighted by Crippen LogP contribution is -2.17. The maximum absolute atomic E-state index is 12.1. The van der Waals surface area contributed by atoms with Crippen molar-refractivity contribution in [3.8, 4) is 18.1 Å².